The van der Waals surface area contributed by atoms with Crippen LogP contribution in [-0.4, -0.2) is 137 Å². The number of nitrogens with two attached hydrogens (primary N) is 2. The summed E-state index contributed by atoms with van der Waals surface area (Å²) in [5, 5.41) is 33.3. The van der Waals surface area contributed by atoms with Crippen LogP contribution in [-0.2, 0) is 64.4 Å². The Hall–Kier alpha value is -6.18. The number of carbonyl (C=O) groups excluding carboxylic acids is 9. The number of imidazole rings is 1. The molecule has 14 N–H and O–H groups in total. The number of unbranched alkanes of at least 4 members (excludes halogenated alkanes) is 13. The molecule has 0 saturated carbocycles. The number of amides is 9. The lowest BCUT2D eigenvalue weighted by atomic mass is 10.0. The summed E-state index contributed by atoms with van der Waals surface area (Å²) in [6.45, 7) is 2.32. The van der Waals surface area contributed by atoms with Gasteiger partial charge >= 0.3 is 5.97 Å². The van der Waals surface area contributed by atoms with Crippen molar-refractivity contribution in [2.24, 2.45) is 11.5 Å². The fourth-order valence-corrected chi connectivity index (χ4v) is 8.48. The third-order valence-electron chi connectivity index (χ3n) is 11.6. The molecule has 0 bridgehead atoms. The van der Waals surface area contributed by atoms with Crippen LogP contribution in [0.25, 0.3) is 0 Å². The standard InChI is InChI=1S/C47H81N11O14S/c1-3-5-7-8-9-10-11-12-13-14-15-16-17-20-40(62)58-73(71,72)26-18-21-39(61)51-29-41(63)53-37(30-59)47(70)56-34(22-24-38(48)60)45(68)57-36(27-32-28-50-31-52-32)46(69)55-35(23-25-42(64)65)44(67)54-33(43(49)66)19-6-4-2/h28,31,33-37,59H,3-27,29-30H2,1-2H3,(H2,48,60)(H2,49,66)(H,50,52)(H,51,61)(H,53,63)(H,54,67)(H,55,69)(H,56,70)(H,57,68)(H,58,62)(H,64,65)/t33-,34-,35-,36-,37-/m0/s1. The second-order valence-corrected chi connectivity index (χ2v) is 19.9. The molecule has 414 valence electrons. The van der Waals surface area contributed by atoms with E-state index in [0.717, 1.165) is 25.7 Å². The van der Waals surface area contributed by atoms with E-state index in [0.29, 0.717) is 19.3 Å². The topological polar surface area (TPSA) is 410 Å². The van der Waals surface area contributed by atoms with Crippen molar-refractivity contribution in [2.45, 2.75) is 198 Å². The largest absolute Gasteiger partial charge is 0.481 e. The number of aliphatic hydroxyl groups excluding tert-OH is 1. The van der Waals surface area contributed by atoms with Crippen LogP contribution in [0.15, 0.2) is 12.5 Å². The van der Waals surface area contributed by atoms with Crippen LogP contribution in [0.3, 0.4) is 0 Å². The van der Waals surface area contributed by atoms with Crippen LogP contribution in [0.2, 0.25) is 0 Å². The number of aliphatic hydroxyl groups is 1. The first-order valence-electron chi connectivity index (χ1n) is 25.4. The molecule has 0 aromatic carbocycles. The summed E-state index contributed by atoms with van der Waals surface area (Å²) in [6, 6.07) is -7.59. The van der Waals surface area contributed by atoms with Crippen molar-refractivity contribution in [1.29, 1.82) is 0 Å². The van der Waals surface area contributed by atoms with Gasteiger partial charge in [0.2, 0.25) is 63.2 Å². The number of sulfonamides is 1. The molecule has 25 nitrogen and oxygen atoms in total. The first kappa shape index (κ1) is 64.8. The number of aromatic amines is 1. The molecule has 26 heteroatoms. The molecular formula is C47H81N11O14S. The molecule has 73 heavy (non-hydrogen) atoms. The van der Waals surface area contributed by atoms with E-state index in [9.17, 15) is 66.6 Å². The summed E-state index contributed by atoms with van der Waals surface area (Å²) in [4.78, 5) is 134. The third kappa shape index (κ3) is 31.1. The van der Waals surface area contributed by atoms with Crippen LogP contribution in [0.5, 0.6) is 0 Å². The van der Waals surface area contributed by atoms with Crippen LogP contribution in [0, 0.1) is 0 Å². The molecule has 1 heterocycles. The molecule has 0 unspecified atom stereocenters. The first-order valence-corrected chi connectivity index (χ1v) is 27.1. The number of rotatable bonds is 43. The van der Waals surface area contributed by atoms with Gasteiger partial charge in [-0.25, -0.2) is 13.4 Å². The van der Waals surface area contributed by atoms with Crippen molar-refractivity contribution in [3.8, 4) is 0 Å². The highest BCUT2D eigenvalue weighted by atomic mass is 32.2. The van der Waals surface area contributed by atoms with Crippen molar-refractivity contribution in [2.75, 3.05) is 18.9 Å². The van der Waals surface area contributed by atoms with Gasteiger partial charge in [-0.3, -0.25) is 52.7 Å². The van der Waals surface area contributed by atoms with Gasteiger partial charge in [-0.2, -0.15) is 0 Å². The van der Waals surface area contributed by atoms with Crippen molar-refractivity contribution >= 4 is 69.2 Å². The monoisotopic (exact) mass is 1060 g/mol. The Morgan fingerprint density at radius 3 is 1.58 bits per heavy atom. The highest BCUT2D eigenvalue weighted by Crippen LogP contribution is 2.14. The lowest BCUT2D eigenvalue weighted by Gasteiger charge is -2.26. The number of hydrogen-bond donors (Lipinski definition) is 12. The minimum atomic E-state index is -4.03. The molecule has 0 fully saturated rings. The number of aromatic nitrogens is 2. The predicted octanol–water partition coefficient (Wildman–Crippen LogP) is -0.00200. The molecule has 0 aliphatic rings. The lowest BCUT2D eigenvalue weighted by molar-refractivity contribution is -0.138. The van der Waals surface area contributed by atoms with Crippen LogP contribution in [0.4, 0.5) is 0 Å². The van der Waals surface area contributed by atoms with E-state index >= 15 is 0 Å². The summed E-state index contributed by atoms with van der Waals surface area (Å²) < 4.78 is 26.9. The molecule has 0 radical (unpaired) electrons. The zero-order valence-corrected chi connectivity index (χ0v) is 43.3. The minimum absolute atomic E-state index is 0.0519. The van der Waals surface area contributed by atoms with E-state index in [4.69, 9.17) is 11.5 Å². The highest BCUT2D eigenvalue weighted by molar-refractivity contribution is 7.90. The normalized spacial score (nSPS) is 13.2. The average Bonchev–Trinajstić information content (AvgIpc) is 3.85. The number of H-pyrrole nitrogens is 1. The molecule has 0 spiro atoms. The number of carboxylic acids is 1. The summed E-state index contributed by atoms with van der Waals surface area (Å²) >= 11 is 0. The SMILES string of the molecule is CCCCCCCCCCCCCCCC(=O)NS(=O)(=O)CCCC(=O)NCC(=O)N[C@@H](CO)C(=O)N[C@@H](CCC(N)=O)C(=O)N[C@@H](Cc1c[nH]cn1)C(=O)N[C@@H](CCC(=O)O)C(=O)N[C@@H](CCCC)C(N)=O. The van der Waals surface area contributed by atoms with E-state index in [1.54, 1.807) is 0 Å². The number of nitrogens with one attached hydrogen (secondary N) is 8. The van der Waals surface area contributed by atoms with Crippen molar-refractivity contribution in [3.63, 3.8) is 0 Å². The quantitative estimate of drug-likeness (QED) is 0.0383. The number of nitrogens with zero attached hydrogens (tertiary/aromatic N) is 1. The van der Waals surface area contributed by atoms with Gasteiger partial charge in [0.25, 0.3) is 0 Å². The molecule has 0 aliphatic heterocycles. The molecule has 0 saturated heterocycles. The van der Waals surface area contributed by atoms with E-state index in [1.807, 2.05) is 11.6 Å². The highest BCUT2D eigenvalue weighted by Gasteiger charge is 2.33. The molecular weight excluding hydrogens is 975 g/mol. The number of carboxylic acid groups (broad SMARTS) is 1. The van der Waals surface area contributed by atoms with Gasteiger partial charge in [0.1, 0.15) is 30.2 Å². The lowest BCUT2D eigenvalue weighted by Crippen LogP contribution is -2.60. The zero-order valence-electron chi connectivity index (χ0n) is 42.4. The summed E-state index contributed by atoms with van der Waals surface area (Å²) in [6.07, 6.45) is 15.9. The van der Waals surface area contributed by atoms with Crippen LogP contribution >= 0.6 is 0 Å². The van der Waals surface area contributed by atoms with E-state index in [1.165, 1.54) is 63.9 Å². The molecule has 9 amide bonds. The summed E-state index contributed by atoms with van der Waals surface area (Å²) in [5.41, 5.74) is 11.0. The fraction of sp³-hybridized carbons (Fsp3) is 0.723. The van der Waals surface area contributed by atoms with Crippen molar-refractivity contribution in [1.82, 2.24) is 46.6 Å². The molecule has 1 aromatic rings. The van der Waals surface area contributed by atoms with Gasteiger partial charge in [0, 0.05) is 38.3 Å². The average molecular weight is 1060 g/mol. The summed E-state index contributed by atoms with van der Waals surface area (Å²) in [7, 11) is -4.03. The fourth-order valence-electron chi connectivity index (χ4n) is 7.40. The maximum absolute atomic E-state index is 13.8. The number of hydrogen-bond acceptors (Lipinski definition) is 14. The predicted molar refractivity (Wildman–Crippen MR) is 268 cm³/mol. The molecule has 1 rings (SSSR count). The van der Waals surface area contributed by atoms with Crippen LogP contribution < -0.4 is 48.1 Å². The Morgan fingerprint density at radius 1 is 0.575 bits per heavy atom. The Morgan fingerprint density at radius 2 is 1.07 bits per heavy atom. The van der Waals surface area contributed by atoms with Gasteiger partial charge in [-0.05, 0) is 32.1 Å². The first-order chi connectivity index (χ1) is 34.7. The Bertz CT molecular complexity index is 2010. The smallest absolute Gasteiger partial charge is 0.303 e. The van der Waals surface area contributed by atoms with Crippen molar-refractivity contribution in [3.05, 3.63) is 18.2 Å². The molecule has 5 atom stereocenters. The maximum atomic E-state index is 13.8. The van der Waals surface area contributed by atoms with Gasteiger partial charge in [0.05, 0.1) is 30.9 Å². The Kier molecular flexibility index (Phi) is 33.3. The molecule has 0 aliphatic carbocycles. The zero-order chi connectivity index (χ0) is 54.6. The van der Waals surface area contributed by atoms with Crippen molar-refractivity contribution < 1.29 is 66.6 Å². The third-order valence-corrected chi connectivity index (χ3v) is 12.9. The second kappa shape index (κ2) is 37.5. The Balaban J connectivity index is 2.80. The summed E-state index contributed by atoms with van der Waals surface area (Å²) in [5.74, 6) is -10.1. The van der Waals surface area contributed by atoms with Gasteiger partial charge in [0.15, 0.2) is 0 Å². The van der Waals surface area contributed by atoms with Gasteiger partial charge in [-0.1, -0.05) is 104 Å². The van der Waals surface area contributed by atoms with Gasteiger partial charge < -0.3 is 58.6 Å². The second-order valence-electron chi connectivity index (χ2n) is 18.0. The number of primary amides is 2. The van der Waals surface area contributed by atoms with Gasteiger partial charge in [-0.15, -0.1) is 0 Å². The number of aliphatic carboxylic acids is 1. The Labute approximate surface area is 427 Å². The van der Waals surface area contributed by atoms with E-state index in [2.05, 4.69) is 48.8 Å². The van der Waals surface area contributed by atoms with E-state index in [-0.39, 0.29) is 37.8 Å². The van der Waals surface area contributed by atoms with Crippen LogP contribution in [0.1, 0.15) is 167 Å². The maximum Gasteiger partial charge on any atom is 0.303 e. The minimum Gasteiger partial charge on any atom is -0.481 e. The molecule has 1 aromatic heterocycles. The number of carbonyl (C=O) groups is 10. The van der Waals surface area contributed by atoms with E-state index < -0.39 is 144 Å².